The Labute approximate surface area is 90.7 Å². The number of aryl methyl sites for hydroxylation is 1. The van der Waals surface area contributed by atoms with E-state index >= 15 is 0 Å². The topological polar surface area (TPSA) is 28.7 Å². The Bertz CT molecular complexity index is 350. The molecule has 15 heavy (non-hydrogen) atoms. The van der Waals surface area contributed by atoms with Gasteiger partial charge in [-0.2, -0.15) is 0 Å². The molecule has 0 aliphatic rings. The summed E-state index contributed by atoms with van der Waals surface area (Å²) in [6.07, 6.45) is 8.33. The van der Waals surface area contributed by atoms with Gasteiger partial charge in [0, 0.05) is 24.3 Å². The number of aromatic amines is 1. The second-order valence-corrected chi connectivity index (χ2v) is 3.15. The first-order valence-electron chi connectivity index (χ1n) is 4.93. The first-order valence-corrected chi connectivity index (χ1v) is 4.93. The molecule has 2 heterocycles. The average Bonchev–Trinajstić information content (AvgIpc) is 2.69. The van der Waals surface area contributed by atoms with Crippen LogP contribution in [0.1, 0.15) is 11.3 Å². The predicted molar refractivity (Wildman–Crippen MR) is 63.7 cm³/mol. The zero-order valence-corrected chi connectivity index (χ0v) is 8.98. The standard InChI is InChI=1S/C8H11N.C5H5N/c1-3-4-8-5-6-9-7(8)2;1-2-4-6-5-3-1/h3,5-6,9H,1,4H2,2H3;1-5H. The predicted octanol–water partition coefficient (Wildman–Crippen LogP) is 3.13. The molecule has 0 aliphatic carbocycles. The van der Waals surface area contributed by atoms with Gasteiger partial charge in [-0.25, -0.2) is 0 Å². The highest BCUT2D eigenvalue weighted by Gasteiger charge is 1.92. The number of nitrogens with zero attached hydrogens (tertiary/aromatic N) is 1. The minimum atomic E-state index is 0.968. The number of hydrogen-bond acceptors (Lipinski definition) is 1. The maximum atomic E-state index is 3.78. The van der Waals surface area contributed by atoms with E-state index in [2.05, 4.69) is 29.5 Å². The van der Waals surface area contributed by atoms with Crippen LogP contribution >= 0.6 is 0 Å². The smallest absolute Gasteiger partial charge is 0.0267 e. The summed E-state index contributed by atoms with van der Waals surface area (Å²) in [4.78, 5) is 6.89. The van der Waals surface area contributed by atoms with E-state index in [1.807, 2.05) is 30.5 Å². The molecule has 0 atom stereocenters. The highest BCUT2D eigenvalue weighted by Crippen LogP contribution is 2.04. The van der Waals surface area contributed by atoms with Gasteiger partial charge in [-0.3, -0.25) is 4.98 Å². The molecule has 2 aromatic rings. The number of pyridine rings is 1. The molecule has 78 valence electrons. The van der Waals surface area contributed by atoms with Crippen LogP contribution in [-0.2, 0) is 6.42 Å². The Morgan fingerprint density at radius 2 is 2.07 bits per heavy atom. The van der Waals surface area contributed by atoms with Crippen LogP contribution in [0.3, 0.4) is 0 Å². The molecule has 0 spiro atoms. The van der Waals surface area contributed by atoms with E-state index in [0.29, 0.717) is 0 Å². The number of rotatable bonds is 2. The van der Waals surface area contributed by atoms with Gasteiger partial charge in [0.2, 0.25) is 0 Å². The van der Waals surface area contributed by atoms with Gasteiger partial charge >= 0.3 is 0 Å². The molecule has 0 saturated heterocycles. The van der Waals surface area contributed by atoms with Crippen LogP contribution in [0.2, 0.25) is 0 Å². The third-order valence-electron chi connectivity index (χ3n) is 2.00. The van der Waals surface area contributed by atoms with Gasteiger partial charge < -0.3 is 4.98 Å². The molecule has 0 radical (unpaired) electrons. The fourth-order valence-electron chi connectivity index (χ4n) is 1.17. The normalized spacial score (nSPS) is 8.87. The molecular formula is C13H16N2. The molecule has 0 saturated carbocycles. The zero-order valence-electron chi connectivity index (χ0n) is 8.98. The zero-order chi connectivity index (χ0) is 10.9. The van der Waals surface area contributed by atoms with E-state index in [-0.39, 0.29) is 0 Å². The Hall–Kier alpha value is -1.83. The van der Waals surface area contributed by atoms with Crippen molar-refractivity contribution in [2.24, 2.45) is 0 Å². The molecule has 0 unspecified atom stereocenters. The fourth-order valence-corrected chi connectivity index (χ4v) is 1.17. The van der Waals surface area contributed by atoms with E-state index in [1.165, 1.54) is 11.3 Å². The third-order valence-corrected chi connectivity index (χ3v) is 2.00. The minimum Gasteiger partial charge on any atom is -0.365 e. The Balaban J connectivity index is 0.000000162. The highest BCUT2D eigenvalue weighted by atomic mass is 14.7. The number of allylic oxidation sites excluding steroid dienone is 1. The minimum absolute atomic E-state index is 0.968. The van der Waals surface area contributed by atoms with Gasteiger partial charge in [-0.05, 0) is 37.1 Å². The van der Waals surface area contributed by atoms with E-state index in [1.54, 1.807) is 12.4 Å². The molecule has 2 heteroatoms. The van der Waals surface area contributed by atoms with Crippen LogP contribution < -0.4 is 0 Å². The van der Waals surface area contributed by atoms with Crippen molar-refractivity contribution in [2.75, 3.05) is 0 Å². The van der Waals surface area contributed by atoms with Crippen LogP contribution in [-0.4, -0.2) is 9.97 Å². The van der Waals surface area contributed by atoms with Crippen molar-refractivity contribution in [2.45, 2.75) is 13.3 Å². The molecule has 0 bridgehead atoms. The molecular weight excluding hydrogens is 184 g/mol. The van der Waals surface area contributed by atoms with Crippen molar-refractivity contribution in [3.8, 4) is 0 Å². The van der Waals surface area contributed by atoms with Crippen LogP contribution in [0.5, 0.6) is 0 Å². The Morgan fingerprint density at radius 3 is 2.40 bits per heavy atom. The molecule has 0 fully saturated rings. The van der Waals surface area contributed by atoms with Gasteiger partial charge in [0.25, 0.3) is 0 Å². The molecule has 2 rings (SSSR count). The van der Waals surface area contributed by atoms with Crippen molar-refractivity contribution in [3.63, 3.8) is 0 Å². The monoisotopic (exact) mass is 200 g/mol. The molecule has 1 N–H and O–H groups in total. The summed E-state index contributed by atoms with van der Waals surface area (Å²) in [5.74, 6) is 0. The summed E-state index contributed by atoms with van der Waals surface area (Å²) in [5.41, 5.74) is 2.58. The summed E-state index contributed by atoms with van der Waals surface area (Å²) < 4.78 is 0. The van der Waals surface area contributed by atoms with Gasteiger partial charge in [0.1, 0.15) is 0 Å². The fraction of sp³-hybridized carbons (Fsp3) is 0.154. The van der Waals surface area contributed by atoms with E-state index in [9.17, 15) is 0 Å². The van der Waals surface area contributed by atoms with Crippen molar-refractivity contribution in [1.29, 1.82) is 0 Å². The summed E-state index contributed by atoms with van der Waals surface area (Å²) in [7, 11) is 0. The number of aromatic nitrogens is 2. The summed E-state index contributed by atoms with van der Waals surface area (Å²) in [6, 6.07) is 7.80. The number of H-pyrrole nitrogens is 1. The lowest BCUT2D eigenvalue weighted by Gasteiger charge is -1.90. The number of nitrogens with one attached hydrogen (secondary N) is 1. The lowest BCUT2D eigenvalue weighted by atomic mass is 10.2. The summed E-state index contributed by atoms with van der Waals surface area (Å²) >= 11 is 0. The maximum Gasteiger partial charge on any atom is 0.0267 e. The Kier molecular flexibility index (Phi) is 4.95. The van der Waals surface area contributed by atoms with Crippen LogP contribution in [0.15, 0.2) is 55.5 Å². The van der Waals surface area contributed by atoms with Gasteiger partial charge in [-0.15, -0.1) is 6.58 Å². The van der Waals surface area contributed by atoms with E-state index in [0.717, 1.165) is 6.42 Å². The van der Waals surface area contributed by atoms with Gasteiger partial charge in [0.05, 0.1) is 0 Å². The Morgan fingerprint density at radius 1 is 1.33 bits per heavy atom. The molecule has 0 aromatic carbocycles. The molecule has 2 aromatic heterocycles. The average molecular weight is 200 g/mol. The molecule has 2 nitrogen and oxygen atoms in total. The van der Waals surface area contributed by atoms with Crippen molar-refractivity contribution >= 4 is 0 Å². The lowest BCUT2D eigenvalue weighted by Crippen LogP contribution is -1.79. The largest absolute Gasteiger partial charge is 0.365 e. The van der Waals surface area contributed by atoms with E-state index < -0.39 is 0 Å². The summed E-state index contributed by atoms with van der Waals surface area (Å²) in [6.45, 7) is 5.73. The lowest BCUT2D eigenvalue weighted by molar-refractivity contribution is 1.18. The maximum absolute atomic E-state index is 3.78. The van der Waals surface area contributed by atoms with Gasteiger partial charge in [0.15, 0.2) is 0 Å². The number of hydrogen-bond donors (Lipinski definition) is 1. The first kappa shape index (κ1) is 11.2. The van der Waals surface area contributed by atoms with Crippen LogP contribution in [0.4, 0.5) is 0 Å². The van der Waals surface area contributed by atoms with Gasteiger partial charge in [-0.1, -0.05) is 12.1 Å². The van der Waals surface area contributed by atoms with Crippen LogP contribution in [0, 0.1) is 6.92 Å². The third kappa shape index (κ3) is 4.27. The first-order chi connectivity index (χ1) is 7.34. The van der Waals surface area contributed by atoms with Crippen molar-refractivity contribution in [3.05, 3.63) is 66.8 Å². The van der Waals surface area contributed by atoms with Crippen molar-refractivity contribution < 1.29 is 0 Å². The van der Waals surface area contributed by atoms with E-state index in [4.69, 9.17) is 0 Å². The second kappa shape index (κ2) is 6.60. The molecule has 0 amide bonds. The SMILES string of the molecule is C=CCc1cc[nH]c1C.c1ccncc1. The quantitative estimate of drug-likeness (QED) is 0.741. The van der Waals surface area contributed by atoms with Crippen LogP contribution in [0.25, 0.3) is 0 Å². The summed E-state index contributed by atoms with van der Waals surface area (Å²) in [5, 5.41) is 0. The highest BCUT2D eigenvalue weighted by molar-refractivity contribution is 5.20. The molecule has 0 aliphatic heterocycles. The van der Waals surface area contributed by atoms with Crippen molar-refractivity contribution in [1.82, 2.24) is 9.97 Å². The second-order valence-electron chi connectivity index (χ2n) is 3.15.